The molecule has 0 atom stereocenters. The van der Waals surface area contributed by atoms with Crippen molar-refractivity contribution < 1.29 is 18.6 Å². The minimum Gasteiger partial charge on any atom is -0.491 e. The van der Waals surface area contributed by atoms with E-state index in [9.17, 15) is 4.79 Å². The Morgan fingerprint density at radius 1 is 0.833 bits per heavy atom. The predicted molar refractivity (Wildman–Crippen MR) is 122 cm³/mol. The van der Waals surface area contributed by atoms with Crippen molar-refractivity contribution in [2.75, 3.05) is 6.61 Å². The van der Waals surface area contributed by atoms with Crippen molar-refractivity contribution in [3.8, 4) is 17.2 Å². The number of ether oxygens (including phenoxy) is 3. The summed E-state index contributed by atoms with van der Waals surface area (Å²) in [6, 6.07) is 5.47. The van der Waals surface area contributed by atoms with Crippen LogP contribution >= 0.6 is 0 Å². The number of hydrogen-bond donors (Lipinski definition) is 0. The van der Waals surface area contributed by atoms with Gasteiger partial charge in [-0.2, -0.15) is 0 Å². The average Bonchev–Trinajstić information content (AvgIpc) is 2.67. The summed E-state index contributed by atoms with van der Waals surface area (Å²) in [5, 5.41) is 0.723. The van der Waals surface area contributed by atoms with Crippen molar-refractivity contribution in [1.82, 2.24) is 0 Å². The lowest BCUT2D eigenvalue weighted by atomic mass is 10.1. The molecule has 5 nitrogen and oxygen atoms in total. The van der Waals surface area contributed by atoms with E-state index in [2.05, 4.69) is 6.92 Å². The van der Waals surface area contributed by atoms with Gasteiger partial charge in [-0.25, -0.2) is 4.79 Å². The molecule has 0 aliphatic carbocycles. The van der Waals surface area contributed by atoms with Crippen molar-refractivity contribution in [1.29, 1.82) is 0 Å². The Morgan fingerprint density at radius 2 is 1.47 bits per heavy atom. The summed E-state index contributed by atoms with van der Waals surface area (Å²) in [6.45, 7) is 10.5. The summed E-state index contributed by atoms with van der Waals surface area (Å²) in [5.41, 5.74) is -0.0796. The summed E-state index contributed by atoms with van der Waals surface area (Å²) in [5.74, 6) is 1.27. The van der Waals surface area contributed by atoms with Crippen LogP contribution in [-0.4, -0.2) is 18.8 Å². The van der Waals surface area contributed by atoms with E-state index in [-0.39, 0.29) is 18.0 Å². The first-order chi connectivity index (χ1) is 14.4. The zero-order chi connectivity index (χ0) is 21.9. The molecule has 30 heavy (non-hydrogen) atoms. The minimum atomic E-state index is -0.524. The maximum absolute atomic E-state index is 12.6. The summed E-state index contributed by atoms with van der Waals surface area (Å²) >= 11 is 0. The summed E-state index contributed by atoms with van der Waals surface area (Å²) in [6.07, 6.45) is 9.70. The SMILES string of the molecule is CCCCCCCCCCOc1c(OC(C)C)c(=O)oc2cc(OC(C)C)ccc12. The lowest BCUT2D eigenvalue weighted by Gasteiger charge is -2.16. The van der Waals surface area contributed by atoms with Gasteiger partial charge in [0, 0.05) is 6.07 Å². The van der Waals surface area contributed by atoms with E-state index in [0.29, 0.717) is 23.7 Å². The van der Waals surface area contributed by atoms with E-state index in [1.807, 2.05) is 39.8 Å². The van der Waals surface area contributed by atoms with Gasteiger partial charge in [0.2, 0.25) is 5.75 Å². The fourth-order valence-electron chi connectivity index (χ4n) is 3.37. The summed E-state index contributed by atoms with van der Waals surface area (Å²) < 4.78 is 23.1. The van der Waals surface area contributed by atoms with Crippen LogP contribution in [0.2, 0.25) is 0 Å². The van der Waals surface area contributed by atoms with Crippen molar-refractivity contribution in [3.63, 3.8) is 0 Å². The Labute approximate surface area is 180 Å². The first-order valence-electron chi connectivity index (χ1n) is 11.5. The average molecular weight is 419 g/mol. The van der Waals surface area contributed by atoms with Crippen LogP contribution in [0.25, 0.3) is 11.0 Å². The molecule has 0 bridgehead atoms. The molecule has 2 rings (SSSR count). The summed E-state index contributed by atoms with van der Waals surface area (Å²) in [7, 11) is 0. The highest BCUT2D eigenvalue weighted by atomic mass is 16.5. The Hall–Kier alpha value is -2.17. The van der Waals surface area contributed by atoms with E-state index in [1.165, 1.54) is 38.5 Å². The van der Waals surface area contributed by atoms with Gasteiger partial charge in [0.25, 0.3) is 0 Å². The standard InChI is InChI=1S/C25H38O5/c1-6-7-8-9-10-11-12-13-16-27-23-21-15-14-20(28-18(2)3)17-22(21)30-25(26)24(23)29-19(4)5/h14-15,17-19H,6-13,16H2,1-5H3. The number of fused-ring (bicyclic) bond motifs is 1. The van der Waals surface area contributed by atoms with Crippen LogP contribution in [0.1, 0.15) is 86.0 Å². The monoisotopic (exact) mass is 418 g/mol. The van der Waals surface area contributed by atoms with Crippen LogP contribution in [0.4, 0.5) is 0 Å². The van der Waals surface area contributed by atoms with Crippen LogP contribution in [0.5, 0.6) is 17.2 Å². The molecule has 0 aliphatic rings. The number of rotatable bonds is 14. The van der Waals surface area contributed by atoms with Crippen LogP contribution in [0.3, 0.4) is 0 Å². The van der Waals surface area contributed by atoms with Gasteiger partial charge in [-0.15, -0.1) is 0 Å². The highest BCUT2D eigenvalue weighted by Crippen LogP contribution is 2.35. The highest BCUT2D eigenvalue weighted by Gasteiger charge is 2.19. The lowest BCUT2D eigenvalue weighted by Crippen LogP contribution is -2.15. The molecule has 0 fully saturated rings. The normalized spacial score (nSPS) is 11.4. The molecule has 0 radical (unpaired) electrons. The predicted octanol–water partition coefficient (Wildman–Crippen LogP) is 6.89. The zero-order valence-electron chi connectivity index (χ0n) is 19.3. The third kappa shape index (κ3) is 7.58. The van der Waals surface area contributed by atoms with E-state index in [1.54, 1.807) is 6.07 Å². The first-order valence-corrected chi connectivity index (χ1v) is 11.5. The molecule has 0 unspecified atom stereocenters. The molecular weight excluding hydrogens is 380 g/mol. The summed E-state index contributed by atoms with van der Waals surface area (Å²) in [4.78, 5) is 12.6. The topological polar surface area (TPSA) is 57.9 Å². The fourth-order valence-corrected chi connectivity index (χ4v) is 3.37. The molecule has 0 aliphatic heterocycles. The van der Waals surface area contributed by atoms with Crippen molar-refractivity contribution >= 4 is 11.0 Å². The Balaban J connectivity index is 2.09. The van der Waals surface area contributed by atoms with Crippen molar-refractivity contribution in [2.45, 2.75) is 98.2 Å². The highest BCUT2D eigenvalue weighted by molar-refractivity contribution is 5.86. The van der Waals surface area contributed by atoms with Crippen LogP contribution < -0.4 is 19.8 Å². The van der Waals surface area contributed by atoms with Gasteiger partial charge in [0.1, 0.15) is 11.3 Å². The molecule has 0 saturated carbocycles. The second kappa shape index (κ2) is 12.5. The van der Waals surface area contributed by atoms with Gasteiger partial charge in [-0.3, -0.25) is 0 Å². The van der Waals surface area contributed by atoms with Crippen LogP contribution in [0.15, 0.2) is 27.4 Å². The number of benzene rings is 1. The van der Waals surface area contributed by atoms with E-state index >= 15 is 0 Å². The Bertz CT molecular complexity index is 822. The van der Waals surface area contributed by atoms with Gasteiger partial charge >= 0.3 is 5.63 Å². The molecule has 2 aromatic rings. The second-order valence-corrected chi connectivity index (χ2v) is 8.36. The molecule has 0 amide bonds. The van der Waals surface area contributed by atoms with Crippen LogP contribution in [-0.2, 0) is 0 Å². The molecule has 0 N–H and O–H groups in total. The fraction of sp³-hybridized carbons (Fsp3) is 0.640. The molecule has 0 spiro atoms. The van der Waals surface area contributed by atoms with Gasteiger partial charge in [0.15, 0.2) is 5.75 Å². The lowest BCUT2D eigenvalue weighted by molar-refractivity contribution is 0.210. The second-order valence-electron chi connectivity index (χ2n) is 8.36. The third-order valence-corrected chi connectivity index (χ3v) is 4.76. The molecule has 1 heterocycles. The van der Waals surface area contributed by atoms with Gasteiger partial charge < -0.3 is 18.6 Å². The maximum Gasteiger partial charge on any atom is 0.383 e. The quantitative estimate of drug-likeness (QED) is 0.247. The number of hydrogen-bond acceptors (Lipinski definition) is 5. The largest absolute Gasteiger partial charge is 0.491 e. The first kappa shape index (κ1) is 24.1. The Morgan fingerprint density at radius 3 is 2.10 bits per heavy atom. The minimum absolute atomic E-state index is 0.0374. The van der Waals surface area contributed by atoms with E-state index in [0.717, 1.165) is 18.2 Å². The molecule has 1 aromatic carbocycles. The van der Waals surface area contributed by atoms with E-state index < -0.39 is 5.63 Å². The molecule has 168 valence electrons. The molecular formula is C25H38O5. The van der Waals surface area contributed by atoms with Crippen molar-refractivity contribution in [2.24, 2.45) is 0 Å². The maximum atomic E-state index is 12.6. The molecule has 0 saturated heterocycles. The zero-order valence-corrected chi connectivity index (χ0v) is 19.3. The Kier molecular flexibility index (Phi) is 10.0. The van der Waals surface area contributed by atoms with Gasteiger partial charge in [0.05, 0.1) is 24.2 Å². The third-order valence-electron chi connectivity index (χ3n) is 4.76. The van der Waals surface area contributed by atoms with Gasteiger partial charge in [-0.05, 0) is 46.2 Å². The van der Waals surface area contributed by atoms with E-state index in [4.69, 9.17) is 18.6 Å². The van der Waals surface area contributed by atoms with Crippen LogP contribution in [0, 0.1) is 0 Å². The number of unbranched alkanes of at least 4 members (excludes halogenated alkanes) is 7. The van der Waals surface area contributed by atoms with Crippen molar-refractivity contribution in [3.05, 3.63) is 28.6 Å². The van der Waals surface area contributed by atoms with Gasteiger partial charge in [-0.1, -0.05) is 51.9 Å². The molecule has 5 heteroatoms. The smallest absolute Gasteiger partial charge is 0.383 e. The molecule has 1 aromatic heterocycles.